The lowest BCUT2D eigenvalue weighted by molar-refractivity contribution is -0.141. The molecule has 0 saturated carbocycles. The number of anilines is 1. The molecule has 1 aromatic rings. The van der Waals surface area contributed by atoms with Crippen LogP contribution in [0, 0.1) is 11.3 Å². The second kappa shape index (κ2) is 6.09. The Kier molecular flexibility index (Phi) is 4.45. The van der Waals surface area contributed by atoms with Crippen LogP contribution in [0.1, 0.15) is 18.5 Å². The second-order valence-electron chi connectivity index (χ2n) is 4.76. The number of nitriles is 1. The zero-order valence-corrected chi connectivity index (χ0v) is 10.8. The summed E-state index contributed by atoms with van der Waals surface area (Å²) in [5.41, 5.74) is -0.885. The van der Waals surface area contributed by atoms with Gasteiger partial charge in [0.1, 0.15) is 11.5 Å². The molecule has 1 saturated heterocycles. The van der Waals surface area contributed by atoms with Crippen LogP contribution in [-0.2, 0) is 6.18 Å². The predicted octanol–water partition coefficient (Wildman–Crippen LogP) is 2.50. The van der Waals surface area contributed by atoms with Gasteiger partial charge >= 0.3 is 6.18 Å². The van der Waals surface area contributed by atoms with E-state index in [-0.39, 0.29) is 11.9 Å². The van der Waals surface area contributed by atoms with Crippen molar-refractivity contribution in [1.82, 2.24) is 9.88 Å². The third-order valence-corrected chi connectivity index (χ3v) is 3.27. The normalized spacial score (nSPS) is 17.7. The molecule has 0 aliphatic carbocycles. The standard InChI is InChI=1S/C13H15F3N4/c14-13(15,16)11-2-1-3-12(19-11)18-10-4-7-20(8-5-10)9-6-17/h1-3,10H,4-5,7-9H2,(H,18,19). The first-order valence-corrected chi connectivity index (χ1v) is 6.39. The molecule has 1 aromatic heterocycles. The molecule has 0 aromatic carbocycles. The molecule has 0 amide bonds. The summed E-state index contributed by atoms with van der Waals surface area (Å²) in [5.74, 6) is 0.249. The van der Waals surface area contributed by atoms with Gasteiger partial charge in [-0.25, -0.2) is 4.98 Å². The number of hydrogen-bond acceptors (Lipinski definition) is 4. The highest BCUT2D eigenvalue weighted by Gasteiger charge is 2.32. The van der Waals surface area contributed by atoms with Gasteiger partial charge in [0.05, 0.1) is 12.6 Å². The van der Waals surface area contributed by atoms with Gasteiger partial charge in [0, 0.05) is 19.1 Å². The van der Waals surface area contributed by atoms with E-state index in [1.165, 1.54) is 12.1 Å². The Labute approximate surface area is 115 Å². The number of rotatable bonds is 3. The van der Waals surface area contributed by atoms with Crippen molar-refractivity contribution in [2.24, 2.45) is 0 Å². The van der Waals surface area contributed by atoms with Crippen molar-refractivity contribution in [1.29, 1.82) is 5.26 Å². The topological polar surface area (TPSA) is 52.0 Å². The van der Waals surface area contributed by atoms with Crippen molar-refractivity contribution in [2.75, 3.05) is 25.0 Å². The molecular formula is C13H15F3N4. The summed E-state index contributed by atoms with van der Waals surface area (Å²) in [6.07, 6.45) is -2.84. The molecule has 2 heterocycles. The molecular weight excluding hydrogens is 269 g/mol. The van der Waals surface area contributed by atoms with Gasteiger partial charge in [-0.15, -0.1) is 0 Å². The van der Waals surface area contributed by atoms with E-state index in [0.29, 0.717) is 6.54 Å². The van der Waals surface area contributed by atoms with E-state index in [1.807, 2.05) is 4.90 Å². The average Bonchev–Trinajstić information content (AvgIpc) is 2.41. The molecule has 108 valence electrons. The highest BCUT2D eigenvalue weighted by Crippen LogP contribution is 2.28. The molecule has 7 heteroatoms. The first-order chi connectivity index (χ1) is 9.49. The zero-order chi connectivity index (χ0) is 14.6. The van der Waals surface area contributed by atoms with Gasteiger partial charge in [-0.05, 0) is 25.0 Å². The van der Waals surface area contributed by atoms with E-state index in [2.05, 4.69) is 16.4 Å². The van der Waals surface area contributed by atoms with Crippen LogP contribution in [0.4, 0.5) is 19.0 Å². The number of halogens is 3. The first-order valence-electron chi connectivity index (χ1n) is 6.39. The minimum atomic E-state index is -4.42. The Balaban J connectivity index is 1.93. The molecule has 0 atom stereocenters. The van der Waals surface area contributed by atoms with E-state index < -0.39 is 11.9 Å². The summed E-state index contributed by atoms with van der Waals surface area (Å²) in [6, 6.07) is 6.04. The first kappa shape index (κ1) is 14.6. The maximum atomic E-state index is 12.6. The van der Waals surface area contributed by atoms with Crippen LogP contribution in [0.5, 0.6) is 0 Å². The number of pyridine rings is 1. The summed E-state index contributed by atoms with van der Waals surface area (Å²) >= 11 is 0. The molecule has 0 radical (unpaired) electrons. The van der Waals surface area contributed by atoms with Gasteiger partial charge in [0.2, 0.25) is 0 Å². The average molecular weight is 284 g/mol. The SMILES string of the molecule is N#CCN1CCC(Nc2cccc(C(F)(F)F)n2)CC1. The predicted molar refractivity (Wildman–Crippen MR) is 67.9 cm³/mol. The van der Waals surface area contributed by atoms with Crippen molar-refractivity contribution >= 4 is 5.82 Å². The highest BCUT2D eigenvalue weighted by atomic mass is 19.4. The maximum Gasteiger partial charge on any atom is 0.433 e. The van der Waals surface area contributed by atoms with E-state index >= 15 is 0 Å². The molecule has 1 N–H and O–H groups in total. The zero-order valence-electron chi connectivity index (χ0n) is 10.8. The van der Waals surface area contributed by atoms with Crippen LogP contribution in [0.2, 0.25) is 0 Å². The Morgan fingerprint density at radius 2 is 2.05 bits per heavy atom. The summed E-state index contributed by atoms with van der Waals surface area (Å²) in [5, 5.41) is 11.6. The van der Waals surface area contributed by atoms with Crippen LogP contribution < -0.4 is 5.32 Å². The van der Waals surface area contributed by atoms with Crippen molar-refractivity contribution in [2.45, 2.75) is 25.1 Å². The molecule has 2 rings (SSSR count). The molecule has 1 aliphatic heterocycles. The minimum absolute atomic E-state index is 0.0981. The molecule has 1 fully saturated rings. The summed E-state index contributed by atoms with van der Waals surface area (Å²) in [4.78, 5) is 5.62. The summed E-state index contributed by atoms with van der Waals surface area (Å²) < 4.78 is 37.7. The Morgan fingerprint density at radius 1 is 1.35 bits per heavy atom. The fourth-order valence-electron chi connectivity index (χ4n) is 2.22. The monoisotopic (exact) mass is 284 g/mol. The van der Waals surface area contributed by atoms with Crippen LogP contribution in [0.15, 0.2) is 18.2 Å². The van der Waals surface area contributed by atoms with Gasteiger partial charge < -0.3 is 5.32 Å². The Morgan fingerprint density at radius 3 is 2.65 bits per heavy atom. The number of likely N-dealkylation sites (tertiary alicyclic amines) is 1. The number of hydrogen-bond donors (Lipinski definition) is 1. The van der Waals surface area contributed by atoms with Gasteiger partial charge in [-0.2, -0.15) is 18.4 Å². The molecule has 0 unspecified atom stereocenters. The Bertz CT molecular complexity index is 487. The number of piperidine rings is 1. The molecule has 0 bridgehead atoms. The van der Waals surface area contributed by atoms with Gasteiger partial charge in [-0.1, -0.05) is 6.07 Å². The van der Waals surface area contributed by atoms with Gasteiger partial charge in [-0.3, -0.25) is 4.90 Å². The van der Waals surface area contributed by atoms with Crippen molar-refractivity contribution in [3.8, 4) is 6.07 Å². The number of nitrogens with one attached hydrogen (secondary N) is 1. The second-order valence-corrected chi connectivity index (χ2v) is 4.76. The minimum Gasteiger partial charge on any atom is -0.367 e. The van der Waals surface area contributed by atoms with Crippen LogP contribution >= 0.6 is 0 Å². The number of nitrogens with zero attached hydrogens (tertiary/aromatic N) is 3. The summed E-state index contributed by atoms with van der Waals surface area (Å²) in [7, 11) is 0. The number of aromatic nitrogens is 1. The van der Waals surface area contributed by atoms with Crippen molar-refractivity contribution in [3.05, 3.63) is 23.9 Å². The maximum absolute atomic E-state index is 12.6. The van der Waals surface area contributed by atoms with Crippen LogP contribution in [-0.4, -0.2) is 35.6 Å². The lowest BCUT2D eigenvalue weighted by Crippen LogP contribution is -2.39. The van der Waals surface area contributed by atoms with E-state index in [9.17, 15) is 13.2 Å². The van der Waals surface area contributed by atoms with E-state index in [4.69, 9.17) is 5.26 Å². The highest BCUT2D eigenvalue weighted by molar-refractivity contribution is 5.37. The quantitative estimate of drug-likeness (QED) is 0.866. The third kappa shape index (κ3) is 3.84. The molecule has 1 aliphatic rings. The fraction of sp³-hybridized carbons (Fsp3) is 0.538. The van der Waals surface area contributed by atoms with Crippen molar-refractivity contribution < 1.29 is 13.2 Å². The largest absolute Gasteiger partial charge is 0.433 e. The van der Waals surface area contributed by atoms with Crippen LogP contribution in [0.3, 0.4) is 0 Å². The van der Waals surface area contributed by atoms with E-state index in [1.54, 1.807) is 0 Å². The lowest BCUT2D eigenvalue weighted by Gasteiger charge is -2.31. The van der Waals surface area contributed by atoms with Gasteiger partial charge in [0.15, 0.2) is 0 Å². The van der Waals surface area contributed by atoms with Gasteiger partial charge in [0.25, 0.3) is 0 Å². The van der Waals surface area contributed by atoms with Crippen molar-refractivity contribution in [3.63, 3.8) is 0 Å². The van der Waals surface area contributed by atoms with E-state index in [0.717, 1.165) is 32.0 Å². The summed E-state index contributed by atoms with van der Waals surface area (Å²) in [6.45, 7) is 1.93. The Hall–Kier alpha value is -1.81. The molecule has 20 heavy (non-hydrogen) atoms. The lowest BCUT2D eigenvalue weighted by atomic mass is 10.1. The smallest absolute Gasteiger partial charge is 0.367 e. The molecule has 4 nitrogen and oxygen atoms in total. The third-order valence-electron chi connectivity index (χ3n) is 3.27. The fourth-order valence-corrected chi connectivity index (χ4v) is 2.22. The number of alkyl halides is 3. The van der Waals surface area contributed by atoms with Crippen LogP contribution in [0.25, 0.3) is 0 Å². The molecule has 0 spiro atoms.